The lowest BCUT2D eigenvalue weighted by Gasteiger charge is -2.10. The van der Waals surface area contributed by atoms with E-state index in [1.165, 1.54) is 0 Å². The molecule has 0 aromatic heterocycles. The van der Waals surface area contributed by atoms with Gasteiger partial charge < -0.3 is 0 Å². The molecule has 1 N–H and O–H groups in total. The van der Waals surface area contributed by atoms with Gasteiger partial charge in [0.1, 0.15) is 0 Å². The first-order chi connectivity index (χ1) is 8.24. The lowest BCUT2D eigenvalue weighted by molar-refractivity contribution is 1.39. The Hall–Kier alpha value is -2.15. The summed E-state index contributed by atoms with van der Waals surface area (Å²) in [5.41, 5.74) is 4.58. The smallest absolute Gasteiger partial charge is 0.0693 e. The summed E-state index contributed by atoms with van der Waals surface area (Å²) in [5, 5.41) is 8.31. The molecule has 2 rings (SSSR count). The van der Waals surface area contributed by atoms with Gasteiger partial charge in [0.2, 0.25) is 0 Å². The molecule has 0 saturated heterocycles. The highest BCUT2D eigenvalue weighted by Crippen LogP contribution is 2.17. The highest BCUT2D eigenvalue weighted by molar-refractivity contribution is 6.13. The highest BCUT2D eigenvalue weighted by Gasteiger charge is 2.09. The van der Waals surface area contributed by atoms with Crippen LogP contribution in [0.5, 0.6) is 0 Å². The molecule has 0 bridgehead atoms. The van der Waals surface area contributed by atoms with Gasteiger partial charge in [-0.05, 0) is 18.1 Å². The quantitative estimate of drug-likeness (QED) is 0.756. The number of hydrogen-bond acceptors (Lipinski definition) is 1. The average Bonchev–Trinajstić information content (AvgIpc) is 2.38. The monoisotopic (exact) mass is 221 g/mol. The van der Waals surface area contributed by atoms with E-state index < -0.39 is 0 Å². The molecular formula is C16H15N. The normalized spacial score (nSPS) is 9.94. The molecule has 0 atom stereocenters. The van der Waals surface area contributed by atoms with E-state index in [2.05, 4.69) is 6.58 Å². The molecule has 0 fully saturated rings. The summed E-state index contributed by atoms with van der Waals surface area (Å²) < 4.78 is 0. The molecule has 0 spiro atoms. The van der Waals surface area contributed by atoms with E-state index in [9.17, 15) is 0 Å². The van der Waals surface area contributed by atoms with Crippen LogP contribution in [-0.4, -0.2) is 5.71 Å². The van der Waals surface area contributed by atoms with Gasteiger partial charge in [-0.25, -0.2) is 0 Å². The van der Waals surface area contributed by atoms with E-state index in [0.29, 0.717) is 5.71 Å². The first kappa shape index (κ1) is 11.3. The van der Waals surface area contributed by atoms with Crippen LogP contribution in [-0.2, 0) is 0 Å². The van der Waals surface area contributed by atoms with Crippen molar-refractivity contribution in [3.8, 4) is 0 Å². The summed E-state index contributed by atoms with van der Waals surface area (Å²) in [7, 11) is 0. The zero-order chi connectivity index (χ0) is 12.3. The van der Waals surface area contributed by atoms with Crippen molar-refractivity contribution in [1.82, 2.24) is 0 Å². The minimum Gasteiger partial charge on any atom is -0.300 e. The Morgan fingerprint density at radius 3 is 2.24 bits per heavy atom. The molecule has 1 heteroatoms. The average molecular weight is 221 g/mol. The van der Waals surface area contributed by atoms with Crippen LogP contribution in [0.2, 0.25) is 0 Å². The van der Waals surface area contributed by atoms with Crippen LogP contribution in [0.25, 0.3) is 6.08 Å². The standard InChI is InChI=1S/C16H15N/c1-3-13-9-5-7-11-15(13)16(17)14-10-6-4-8-12(14)2/h3-11,17H,1H2,2H3. The molecule has 2 aromatic rings. The first-order valence-electron chi connectivity index (χ1n) is 5.60. The fourth-order valence-electron chi connectivity index (χ4n) is 1.90. The highest BCUT2D eigenvalue weighted by atomic mass is 14.4. The maximum atomic E-state index is 8.31. The molecule has 84 valence electrons. The molecule has 0 aliphatic rings. The lowest BCUT2D eigenvalue weighted by Crippen LogP contribution is -2.05. The van der Waals surface area contributed by atoms with Gasteiger partial charge in [0, 0.05) is 11.1 Å². The minimum atomic E-state index is 0.554. The fourth-order valence-corrected chi connectivity index (χ4v) is 1.90. The Bertz CT molecular complexity index is 567. The second-order valence-corrected chi connectivity index (χ2v) is 3.98. The summed E-state index contributed by atoms with van der Waals surface area (Å²) in [4.78, 5) is 0. The molecule has 0 unspecified atom stereocenters. The number of aryl methyl sites for hydroxylation is 1. The zero-order valence-electron chi connectivity index (χ0n) is 9.90. The second kappa shape index (κ2) is 4.79. The molecule has 17 heavy (non-hydrogen) atoms. The number of rotatable bonds is 3. The molecule has 0 heterocycles. The maximum Gasteiger partial charge on any atom is 0.0693 e. The first-order valence-corrected chi connectivity index (χ1v) is 5.60. The van der Waals surface area contributed by atoms with Crippen LogP contribution in [0.3, 0.4) is 0 Å². The molecule has 1 nitrogen and oxygen atoms in total. The summed E-state index contributed by atoms with van der Waals surface area (Å²) in [5.74, 6) is 0. The van der Waals surface area contributed by atoms with Gasteiger partial charge in [0.15, 0.2) is 0 Å². The molecule has 0 radical (unpaired) electrons. The molecule has 0 aliphatic carbocycles. The van der Waals surface area contributed by atoms with Crippen LogP contribution in [0.1, 0.15) is 22.3 Å². The molecule has 0 amide bonds. The third kappa shape index (κ3) is 2.18. The maximum absolute atomic E-state index is 8.31. The van der Waals surface area contributed by atoms with Crippen molar-refractivity contribution in [2.24, 2.45) is 0 Å². The minimum absolute atomic E-state index is 0.554. The van der Waals surface area contributed by atoms with Crippen LogP contribution >= 0.6 is 0 Å². The van der Waals surface area contributed by atoms with E-state index in [1.807, 2.05) is 55.5 Å². The van der Waals surface area contributed by atoms with Crippen molar-refractivity contribution in [2.45, 2.75) is 6.92 Å². The Labute approximate surface area is 102 Å². The summed E-state index contributed by atoms with van der Waals surface area (Å²) >= 11 is 0. The third-order valence-corrected chi connectivity index (χ3v) is 2.86. The number of benzene rings is 2. The Kier molecular flexibility index (Phi) is 3.20. The predicted molar refractivity (Wildman–Crippen MR) is 73.6 cm³/mol. The van der Waals surface area contributed by atoms with Gasteiger partial charge in [-0.1, -0.05) is 61.2 Å². The van der Waals surface area contributed by atoms with Crippen molar-refractivity contribution < 1.29 is 0 Å². The van der Waals surface area contributed by atoms with Crippen LogP contribution in [0, 0.1) is 12.3 Å². The second-order valence-electron chi connectivity index (χ2n) is 3.98. The predicted octanol–water partition coefficient (Wildman–Crippen LogP) is 4.05. The topological polar surface area (TPSA) is 23.9 Å². The van der Waals surface area contributed by atoms with Crippen molar-refractivity contribution >= 4 is 11.8 Å². The number of nitrogens with one attached hydrogen (secondary N) is 1. The largest absolute Gasteiger partial charge is 0.300 e. The van der Waals surface area contributed by atoms with E-state index in [1.54, 1.807) is 6.08 Å². The zero-order valence-corrected chi connectivity index (χ0v) is 9.90. The molecule has 2 aromatic carbocycles. The van der Waals surface area contributed by atoms with E-state index in [4.69, 9.17) is 5.41 Å². The summed E-state index contributed by atoms with van der Waals surface area (Å²) in [6, 6.07) is 15.8. The van der Waals surface area contributed by atoms with Crippen LogP contribution < -0.4 is 0 Å². The third-order valence-electron chi connectivity index (χ3n) is 2.86. The van der Waals surface area contributed by atoms with Gasteiger partial charge in [-0.2, -0.15) is 0 Å². The van der Waals surface area contributed by atoms with E-state index >= 15 is 0 Å². The van der Waals surface area contributed by atoms with E-state index in [-0.39, 0.29) is 0 Å². The van der Waals surface area contributed by atoms with E-state index in [0.717, 1.165) is 22.3 Å². The molecular weight excluding hydrogens is 206 g/mol. The van der Waals surface area contributed by atoms with Gasteiger partial charge in [0.05, 0.1) is 5.71 Å². The van der Waals surface area contributed by atoms with Gasteiger partial charge in [-0.3, -0.25) is 5.41 Å². The van der Waals surface area contributed by atoms with Gasteiger partial charge >= 0.3 is 0 Å². The molecule has 0 saturated carbocycles. The van der Waals surface area contributed by atoms with Crippen molar-refractivity contribution in [1.29, 1.82) is 5.41 Å². The fraction of sp³-hybridized carbons (Fsp3) is 0.0625. The summed E-state index contributed by atoms with van der Waals surface area (Å²) in [6.45, 7) is 5.82. The Balaban J connectivity index is 2.51. The van der Waals surface area contributed by atoms with Crippen LogP contribution in [0.4, 0.5) is 0 Å². The molecule has 0 aliphatic heterocycles. The lowest BCUT2D eigenvalue weighted by atomic mass is 9.95. The Morgan fingerprint density at radius 1 is 1.00 bits per heavy atom. The van der Waals surface area contributed by atoms with Gasteiger partial charge in [-0.15, -0.1) is 0 Å². The SMILES string of the molecule is C=Cc1ccccc1C(=N)c1ccccc1C. The van der Waals surface area contributed by atoms with Crippen molar-refractivity contribution in [3.05, 3.63) is 77.4 Å². The van der Waals surface area contributed by atoms with Crippen molar-refractivity contribution in [3.63, 3.8) is 0 Å². The van der Waals surface area contributed by atoms with Crippen LogP contribution in [0.15, 0.2) is 55.1 Å². The Morgan fingerprint density at radius 2 is 1.59 bits per heavy atom. The van der Waals surface area contributed by atoms with Crippen molar-refractivity contribution in [2.75, 3.05) is 0 Å². The number of hydrogen-bond donors (Lipinski definition) is 1. The van der Waals surface area contributed by atoms with Gasteiger partial charge in [0.25, 0.3) is 0 Å². The summed E-state index contributed by atoms with van der Waals surface area (Å²) in [6.07, 6.45) is 1.79.